The Labute approximate surface area is 177 Å². The molecule has 0 saturated heterocycles. The Hall–Kier alpha value is -3.26. The molecule has 0 aromatic heterocycles. The summed E-state index contributed by atoms with van der Waals surface area (Å²) >= 11 is 1.32. The van der Waals surface area contributed by atoms with Crippen LogP contribution in [0.3, 0.4) is 0 Å². The molecule has 2 heterocycles. The van der Waals surface area contributed by atoms with Crippen molar-refractivity contribution in [3.05, 3.63) is 71.0 Å². The van der Waals surface area contributed by atoms with Gasteiger partial charge in [-0.25, -0.2) is 4.39 Å². The van der Waals surface area contributed by atoms with E-state index in [-0.39, 0.29) is 23.1 Å². The first-order chi connectivity index (χ1) is 14.4. The molecule has 4 rings (SSSR count). The Bertz CT molecular complexity index is 1110. The van der Waals surface area contributed by atoms with Gasteiger partial charge in [-0.05, 0) is 53.2 Å². The number of hydrazone groups is 1. The fourth-order valence-corrected chi connectivity index (χ4v) is 3.74. The van der Waals surface area contributed by atoms with Gasteiger partial charge in [-0.3, -0.25) is 10.2 Å². The van der Waals surface area contributed by atoms with Crippen molar-refractivity contribution in [1.82, 2.24) is 5.01 Å². The summed E-state index contributed by atoms with van der Waals surface area (Å²) in [5, 5.41) is 15.5. The molecule has 8 heteroatoms. The van der Waals surface area contributed by atoms with E-state index < -0.39 is 5.91 Å². The van der Waals surface area contributed by atoms with Gasteiger partial charge in [0.1, 0.15) is 23.2 Å². The van der Waals surface area contributed by atoms with Crippen LogP contribution in [0.15, 0.2) is 64.2 Å². The number of ether oxygens (including phenoxy) is 1. The molecule has 0 bridgehead atoms. The van der Waals surface area contributed by atoms with Crippen molar-refractivity contribution >= 4 is 39.8 Å². The van der Waals surface area contributed by atoms with Crippen LogP contribution in [-0.4, -0.2) is 27.0 Å². The van der Waals surface area contributed by atoms with Gasteiger partial charge in [-0.1, -0.05) is 38.1 Å². The topological polar surface area (TPSA) is 78.1 Å². The quantitative estimate of drug-likeness (QED) is 0.710. The highest BCUT2D eigenvalue weighted by molar-refractivity contribution is 8.27. The van der Waals surface area contributed by atoms with E-state index >= 15 is 0 Å². The number of nitrogens with one attached hydrogen (secondary N) is 1. The number of benzene rings is 2. The first-order valence-electron chi connectivity index (χ1n) is 9.38. The van der Waals surface area contributed by atoms with E-state index in [1.807, 2.05) is 19.9 Å². The van der Waals surface area contributed by atoms with E-state index in [9.17, 15) is 9.18 Å². The number of amides is 1. The van der Waals surface area contributed by atoms with Gasteiger partial charge < -0.3 is 4.74 Å². The molecule has 0 saturated carbocycles. The number of hydrogen-bond acceptors (Lipinski definition) is 5. The Balaban J connectivity index is 1.53. The van der Waals surface area contributed by atoms with Crippen LogP contribution in [-0.2, 0) is 11.4 Å². The van der Waals surface area contributed by atoms with Gasteiger partial charge in [0.05, 0.1) is 5.57 Å². The van der Waals surface area contributed by atoms with Crippen molar-refractivity contribution < 1.29 is 13.9 Å². The lowest BCUT2D eigenvalue weighted by molar-refractivity contribution is -0.114. The third kappa shape index (κ3) is 4.18. The molecule has 152 valence electrons. The van der Waals surface area contributed by atoms with Gasteiger partial charge in [0, 0.05) is 5.92 Å². The van der Waals surface area contributed by atoms with Crippen molar-refractivity contribution in [2.45, 2.75) is 20.5 Å². The number of aliphatic imine (C=N–C) groups is 1. The SMILES string of the molecule is CC(C)C1=NN2C(=N)/C(=C\c3cccc(OCc4ccc(F)cc4)c3)C(=O)N=C2S1. The summed E-state index contributed by atoms with van der Waals surface area (Å²) in [5.41, 5.74) is 1.72. The van der Waals surface area contributed by atoms with Gasteiger partial charge in [0.25, 0.3) is 5.91 Å². The zero-order valence-corrected chi connectivity index (χ0v) is 17.2. The average Bonchev–Trinajstić information content (AvgIpc) is 3.16. The largest absolute Gasteiger partial charge is 0.489 e. The van der Waals surface area contributed by atoms with Gasteiger partial charge in [-0.2, -0.15) is 15.1 Å². The van der Waals surface area contributed by atoms with Crippen molar-refractivity contribution in [2.75, 3.05) is 0 Å². The second-order valence-electron chi connectivity index (χ2n) is 7.10. The molecule has 2 aliphatic heterocycles. The molecule has 30 heavy (non-hydrogen) atoms. The molecule has 2 aromatic rings. The zero-order valence-electron chi connectivity index (χ0n) is 16.4. The highest BCUT2D eigenvalue weighted by Crippen LogP contribution is 2.31. The van der Waals surface area contributed by atoms with Crippen LogP contribution in [0.5, 0.6) is 5.75 Å². The molecule has 0 atom stereocenters. The molecule has 2 aromatic carbocycles. The average molecular weight is 422 g/mol. The van der Waals surface area contributed by atoms with Gasteiger partial charge in [-0.15, -0.1) is 0 Å². The molecule has 0 radical (unpaired) electrons. The minimum absolute atomic E-state index is 0.00536. The van der Waals surface area contributed by atoms with Crippen LogP contribution in [0.2, 0.25) is 0 Å². The lowest BCUT2D eigenvalue weighted by Crippen LogP contribution is -2.35. The molecule has 1 amide bonds. The molecular formula is C22H19FN4O2S. The normalized spacial score (nSPS) is 17.3. The monoisotopic (exact) mass is 422 g/mol. The first kappa shape index (κ1) is 20.0. The predicted molar refractivity (Wildman–Crippen MR) is 117 cm³/mol. The second kappa shape index (κ2) is 8.23. The number of fused-ring (bicyclic) bond motifs is 1. The van der Waals surface area contributed by atoms with Crippen LogP contribution in [0, 0.1) is 17.1 Å². The Morgan fingerprint density at radius 2 is 2.00 bits per heavy atom. The summed E-state index contributed by atoms with van der Waals surface area (Å²) in [7, 11) is 0. The van der Waals surface area contributed by atoms with Crippen molar-refractivity contribution in [1.29, 1.82) is 5.41 Å². The number of carbonyl (C=O) groups is 1. The van der Waals surface area contributed by atoms with Crippen LogP contribution in [0.25, 0.3) is 6.08 Å². The number of carbonyl (C=O) groups excluding carboxylic acids is 1. The van der Waals surface area contributed by atoms with E-state index in [1.165, 1.54) is 28.9 Å². The highest BCUT2D eigenvalue weighted by atomic mass is 32.2. The smallest absolute Gasteiger partial charge is 0.283 e. The number of nitrogens with zero attached hydrogens (tertiary/aromatic N) is 3. The maximum atomic E-state index is 13.0. The predicted octanol–water partition coefficient (Wildman–Crippen LogP) is 4.68. The standard InChI is InChI=1S/C22H19FN4O2S/c1-13(2)21-26-27-19(24)18(20(28)25-22(27)30-21)11-15-4-3-5-17(10-15)29-12-14-6-8-16(23)9-7-14/h3-11,13,24H,12H2,1-2H3/b18-11+,24-19?. The summed E-state index contributed by atoms with van der Waals surface area (Å²) in [6, 6.07) is 13.3. The first-order valence-corrected chi connectivity index (χ1v) is 10.2. The summed E-state index contributed by atoms with van der Waals surface area (Å²) < 4.78 is 18.8. The van der Waals surface area contributed by atoms with Gasteiger partial charge in [0.15, 0.2) is 5.84 Å². The molecule has 2 aliphatic rings. The summed E-state index contributed by atoms with van der Waals surface area (Å²) in [6.45, 7) is 4.30. The molecule has 1 N–H and O–H groups in total. The molecule has 0 spiro atoms. The van der Waals surface area contributed by atoms with Crippen LogP contribution >= 0.6 is 11.8 Å². The van der Waals surface area contributed by atoms with Crippen molar-refractivity contribution in [3.8, 4) is 5.75 Å². The number of rotatable bonds is 5. The second-order valence-corrected chi connectivity index (χ2v) is 8.09. The Morgan fingerprint density at radius 1 is 1.23 bits per heavy atom. The maximum Gasteiger partial charge on any atom is 0.283 e. The van der Waals surface area contributed by atoms with Crippen molar-refractivity contribution in [3.63, 3.8) is 0 Å². The highest BCUT2D eigenvalue weighted by Gasteiger charge is 2.36. The molecule has 0 aliphatic carbocycles. The van der Waals surface area contributed by atoms with Gasteiger partial charge >= 0.3 is 0 Å². The summed E-state index contributed by atoms with van der Waals surface area (Å²) in [6.07, 6.45) is 1.61. The minimum atomic E-state index is -0.461. The van der Waals surface area contributed by atoms with Gasteiger partial charge in [0.2, 0.25) is 5.17 Å². The summed E-state index contributed by atoms with van der Waals surface area (Å²) in [4.78, 5) is 16.6. The molecule has 0 fully saturated rings. The third-order valence-electron chi connectivity index (χ3n) is 4.45. The number of hydrogen-bond donors (Lipinski definition) is 1. The van der Waals surface area contributed by atoms with E-state index in [0.29, 0.717) is 23.1 Å². The fourth-order valence-electron chi connectivity index (χ4n) is 2.85. The number of amidine groups is 2. The third-order valence-corrected chi connectivity index (χ3v) is 5.66. The fraction of sp³-hybridized carbons (Fsp3) is 0.182. The zero-order chi connectivity index (χ0) is 21.3. The van der Waals surface area contributed by atoms with Crippen molar-refractivity contribution in [2.24, 2.45) is 16.0 Å². The summed E-state index contributed by atoms with van der Waals surface area (Å²) in [5.74, 6) is 0.0412. The van der Waals surface area contributed by atoms with E-state index in [0.717, 1.165) is 10.6 Å². The van der Waals surface area contributed by atoms with Crippen LogP contribution < -0.4 is 4.74 Å². The lowest BCUT2D eigenvalue weighted by atomic mass is 10.1. The Kier molecular flexibility index (Phi) is 5.50. The van der Waals surface area contributed by atoms with E-state index in [4.69, 9.17) is 10.1 Å². The number of thioether (sulfide) groups is 1. The lowest BCUT2D eigenvalue weighted by Gasteiger charge is -2.20. The maximum absolute atomic E-state index is 13.0. The number of halogens is 1. The Morgan fingerprint density at radius 3 is 2.73 bits per heavy atom. The van der Waals surface area contributed by atoms with E-state index in [1.54, 1.807) is 36.4 Å². The van der Waals surface area contributed by atoms with E-state index in [2.05, 4.69) is 10.1 Å². The minimum Gasteiger partial charge on any atom is -0.489 e. The molecule has 6 nitrogen and oxygen atoms in total. The van der Waals surface area contributed by atoms with Crippen LogP contribution in [0.4, 0.5) is 4.39 Å². The van der Waals surface area contributed by atoms with Crippen LogP contribution in [0.1, 0.15) is 25.0 Å². The molecule has 0 unspecified atom stereocenters. The molecular weight excluding hydrogens is 403 g/mol.